The SMILES string of the molecule is O=C(C1CN(S(=O)(=O)c2ccccc2)CCN1S(=O)(=O)c1ccccc1)N1CCCCC1. The van der Waals surface area contributed by atoms with Crippen LogP contribution in [0.2, 0.25) is 0 Å². The fraction of sp³-hybridized carbons (Fsp3) is 0.409. The lowest BCUT2D eigenvalue weighted by Crippen LogP contribution is -2.62. The Morgan fingerprint density at radius 2 is 1.22 bits per heavy atom. The zero-order valence-corrected chi connectivity index (χ0v) is 19.3. The molecule has 172 valence electrons. The van der Waals surface area contributed by atoms with Crippen molar-refractivity contribution in [3.63, 3.8) is 0 Å². The molecular formula is C22H27N3O5S2. The van der Waals surface area contributed by atoms with E-state index in [9.17, 15) is 21.6 Å². The second-order valence-electron chi connectivity index (χ2n) is 8.01. The number of nitrogens with zero attached hydrogens (tertiary/aromatic N) is 3. The van der Waals surface area contributed by atoms with Crippen LogP contribution in [0.3, 0.4) is 0 Å². The van der Waals surface area contributed by atoms with Crippen LogP contribution < -0.4 is 0 Å². The van der Waals surface area contributed by atoms with Crippen LogP contribution in [0.1, 0.15) is 19.3 Å². The zero-order chi connectivity index (χ0) is 22.8. The summed E-state index contributed by atoms with van der Waals surface area (Å²) in [6.45, 7) is 0.791. The maximum Gasteiger partial charge on any atom is 0.243 e. The third-order valence-electron chi connectivity index (χ3n) is 5.98. The van der Waals surface area contributed by atoms with Crippen LogP contribution in [0.5, 0.6) is 0 Å². The van der Waals surface area contributed by atoms with Gasteiger partial charge in [-0.15, -0.1) is 0 Å². The predicted molar refractivity (Wildman–Crippen MR) is 120 cm³/mol. The maximum atomic E-state index is 13.4. The van der Waals surface area contributed by atoms with Gasteiger partial charge in [0.2, 0.25) is 26.0 Å². The average molecular weight is 478 g/mol. The zero-order valence-electron chi connectivity index (χ0n) is 17.7. The van der Waals surface area contributed by atoms with Gasteiger partial charge in [0, 0.05) is 32.7 Å². The number of benzene rings is 2. The Balaban J connectivity index is 1.68. The molecule has 0 bridgehead atoms. The Hall–Kier alpha value is -2.27. The molecule has 1 atom stereocenters. The molecule has 2 aliphatic rings. The molecule has 0 aromatic heterocycles. The van der Waals surface area contributed by atoms with E-state index in [1.807, 2.05) is 0 Å². The van der Waals surface area contributed by atoms with Crippen LogP contribution in [-0.2, 0) is 24.8 Å². The van der Waals surface area contributed by atoms with Crippen molar-refractivity contribution in [1.29, 1.82) is 0 Å². The van der Waals surface area contributed by atoms with E-state index in [2.05, 4.69) is 0 Å². The molecule has 1 unspecified atom stereocenters. The van der Waals surface area contributed by atoms with E-state index >= 15 is 0 Å². The molecule has 0 radical (unpaired) electrons. The Morgan fingerprint density at radius 3 is 1.78 bits per heavy atom. The predicted octanol–water partition coefficient (Wildman–Crippen LogP) is 1.76. The molecule has 0 saturated carbocycles. The van der Waals surface area contributed by atoms with E-state index < -0.39 is 26.1 Å². The topological polar surface area (TPSA) is 95.1 Å². The summed E-state index contributed by atoms with van der Waals surface area (Å²) in [6, 6.07) is 14.9. The number of piperidine rings is 1. The smallest absolute Gasteiger partial charge is 0.243 e. The molecule has 1 amide bonds. The summed E-state index contributed by atoms with van der Waals surface area (Å²) in [4.78, 5) is 15.3. The van der Waals surface area contributed by atoms with Gasteiger partial charge >= 0.3 is 0 Å². The van der Waals surface area contributed by atoms with Crippen molar-refractivity contribution >= 4 is 26.0 Å². The van der Waals surface area contributed by atoms with Crippen molar-refractivity contribution in [1.82, 2.24) is 13.5 Å². The van der Waals surface area contributed by atoms with Crippen LogP contribution in [0, 0.1) is 0 Å². The van der Waals surface area contributed by atoms with Gasteiger partial charge in [-0.1, -0.05) is 36.4 Å². The van der Waals surface area contributed by atoms with Crippen LogP contribution >= 0.6 is 0 Å². The first-order valence-corrected chi connectivity index (χ1v) is 13.6. The molecule has 4 rings (SSSR count). The lowest BCUT2D eigenvalue weighted by Gasteiger charge is -2.41. The van der Waals surface area contributed by atoms with Crippen LogP contribution in [0.15, 0.2) is 70.5 Å². The lowest BCUT2D eigenvalue weighted by molar-refractivity contribution is -0.137. The minimum atomic E-state index is -3.96. The molecule has 32 heavy (non-hydrogen) atoms. The summed E-state index contributed by atoms with van der Waals surface area (Å²) < 4.78 is 55.6. The van der Waals surface area contributed by atoms with Crippen molar-refractivity contribution in [3.8, 4) is 0 Å². The molecule has 2 heterocycles. The van der Waals surface area contributed by atoms with Gasteiger partial charge in [-0.3, -0.25) is 4.79 Å². The fourth-order valence-electron chi connectivity index (χ4n) is 4.24. The fourth-order valence-corrected chi connectivity index (χ4v) is 7.29. The summed E-state index contributed by atoms with van der Waals surface area (Å²) >= 11 is 0. The number of rotatable bonds is 5. The molecule has 2 aliphatic heterocycles. The first-order valence-electron chi connectivity index (χ1n) is 10.7. The van der Waals surface area contributed by atoms with Gasteiger partial charge in [0.25, 0.3) is 0 Å². The minimum absolute atomic E-state index is 0.0208. The van der Waals surface area contributed by atoms with E-state index in [0.717, 1.165) is 19.3 Å². The van der Waals surface area contributed by atoms with Gasteiger partial charge in [0.05, 0.1) is 9.79 Å². The number of sulfonamides is 2. The first-order chi connectivity index (χ1) is 15.3. The van der Waals surface area contributed by atoms with Crippen molar-refractivity contribution < 1.29 is 21.6 Å². The second-order valence-corrected chi connectivity index (χ2v) is 11.8. The highest BCUT2D eigenvalue weighted by Gasteiger charge is 2.44. The molecule has 0 spiro atoms. The standard InChI is InChI=1S/C22H27N3O5S2/c26-22(23-14-8-3-9-15-23)21-18-24(31(27,28)19-10-4-1-5-11-19)16-17-25(21)32(29,30)20-12-6-2-7-13-20/h1-2,4-7,10-13,21H,3,8-9,14-18H2. The van der Waals surface area contributed by atoms with Crippen molar-refractivity contribution in [2.75, 3.05) is 32.7 Å². The highest BCUT2D eigenvalue weighted by Crippen LogP contribution is 2.27. The van der Waals surface area contributed by atoms with Gasteiger partial charge in [-0.05, 0) is 43.5 Å². The Kier molecular flexibility index (Phi) is 6.66. The Labute approximate surface area is 189 Å². The number of carbonyl (C=O) groups is 1. The molecule has 2 aromatic rings. The summed E-state index contributed by atoms with van der Waals surface area (Å²) in [7, 11) is -7.82. The summed E-state index contributed by atoms with van der Waals surface area (Å²) in [5, 5.41) is 0. The van der Waals surface area contributed by atoms with Gasteiger partial charge in [-0.25, -0.2) is 16.8 Å². The number of piperazine rings is 1. The van der Waals surface area contributed by atoms with Gasteiger partial charge < -0.3 is 4.90 Å². The normalized spacial score (nSPS) is 21.4. The van der Waals surface area contributed by atoms with Gasteiger partial charge in [0.15, 0.2) is 0 Å². The van der Waals surface area contributed by atoms with Gasteiger partial charge in [-0.2, -0.15) is 8.61 Å². The molecule has 8 nitrogen and oxygen atoms in total. The number of carbonyl (C=O) groups excluding carboxylic acids is 1. The van der Waals surface area contributed by atoms with Crippen molar-refractivity contribution in [3.05, 3.63) is 60.7 Å². The van der Waals surface area contributed by atoms with E-state index in [4.69, 9.17) is 0 Å². The molecule has 0 N–H and O–H groups in total. The number of hydrogen-bond donors (Lipinski definition) is 0. The minimum Gasteiger partial charge on any atom is -0.341 e. The number of amides is 1. The number of hydrogen-bond acceptors (Lipinski definition) is 5. The molecule has 2 saturated heterocycles. The molecule has 0 aliphatic carbocycles. The third-order valence-corrected chi connectivity index (χ3v) is 9.78. The maximum absolute atomic E-state index is 13.4. The van der Waals surface area contributed by atoms with E-state index in [0.29, 0.717) is 13.1 Å². The largest absolute Gasteiger partial charge is 0.341 e. The summed E-state index contributed by atoms with van der Waals surface area (Å²) in [5.74, 6) is -0.336. The summed E-state index contributed by atoms with van der Waals surface area (Å²) in [5.41, 5.74) is 0. The lowest BCUT2D eigenvalue weighted by atomic mass is 10.1. The molecule has 2 fully saturated rings. The van der Waals surface area contributed by atoms with Crippen LogP contribution in [0.4, 0.5) is 0 Å². The Bertz CT molecular complexity index is 1150. The van der Waals surface area contributed by atoms with Crippen molar-refractivity contribution in [2.24, 2.45) is 0 Å². The van der Waals surface area contributed by atoms with E-state index in [1.165, 1.54) is 32.9 Å². The molecular weight excluding hydrogens is 450 g/mol. The second kappa shape index (κ2) is 9.30. The van der Waals surface area contributed by atoms with Crippen LogP contribution in [0.25, 0.3) is 0 Å². The number of likely N-dealkylation sites (tertiary alicyclic amines) is 1. The average Bonchev–Trinajstić information content (AvgIpc) is 2.85. The van der Waals surface area contributed by atoms with Gasteiger partial charge in [0.1, 0.15) is 6.04 Å². The summed E-state index contributed by atoms with van der Waals surface area (Å²) in [6.07, 6.45) is 2.74. The monoisotopic (exact) mass is 477 g/mol. The molecule has 10 heteroatoms. The van der Waals surface area contributed by atoms with E-state index in [1.54, 1.807) is 41.3 Å². The van der Waals surface area contributed by atoms with Crippen molar-refractivity contribution in [2.45, 2.75) is 35.1 Å². The van der Waals surface area contributed by atoms with Crippen LogP contribution in [-0.4, -0.2) is 75.0 Å². The highest BCUT2D eigenvalue weighted by molar-refractivity contribution is 7.89. The first kappa shape index (κ1) is 22.9. The van der Waals surface area contributed by atoms with E-state index in [-0.39, 0.29) is 35.3 Å². The Morgan fingerprint density at radius 1 is 0.688 bits per heavy atom. The highest BCUT2D eigenvalue weighted by atomic mass is 32.2. The molecule has 2 aromatic carbocycles. The quantitative estimate of drug-likeness (QED) is 0.654. The third kappa shape index (κ3) is 4.45.